The summed E-state index contributed by atoms with van der Waals surface area (Å²) < 4.78 is 10.7. The number of hydrogen-bond acceptors (Lipinski definition) is 5. The van der Waals surface area contributed by atoms with Crippen molar-refractivity contribution in [3.8, 4) is 11.5 Å². The Morgan fingerprint density at radius 3 is 2.24 bits per heavy atom. The molecule has 4 rings (SSSR count). The first-order valence-corrected chi connectivity index (χ1v) is 12.8. The second-order valence-electron chi connectivity index (χ2n) is 9.72. The Morgan fingerprint density at radius 1 is 0.921 bits per heavy atom. The summed E-state index contributed by atoms with van der Waals surface area (Å²) in [6.07, 6.45) is 0.590. The number of hydrogen-bond donors (Lipinski definition) is 0. The highest BCUT2D eigenvalue weighted by atomic mass is 16.5. The van der Waals surface area contributed by atoms with Gasteiger partial charge in [-0.1, -0.05) is 62.4 Å². The van der Waals surface area contributed by atoms with Crippen LogP contribution in [0.2, 0.25) is 0 Å². The fourth-order valence-electron chi connectivity index (χ4n) is 4.75. The summed E-state index contributed by atoms with van der Waals surface area (Å²) in [5.74, 6) is 0.672. The number of nitrogens with zero attached hydrogens (tertiary/aromatic N) is 2. The van der Waals surface area contributed by atoms with Gasteiger partial charge in [0.2, 0.25) is 11.8 Å². The summed E-state index contributed by atoms with van der Waals surface area (Å²) in [4.78, 5) is 43.0. The summed E-state index contributed by atoms with van der Waals surface area (Å²) in [5.41, 5.74) is 3.44. The lowest BCUT2D eigenvalue weighted by atomic mass is 10.0. The largest absolute Gasteiger partial charge is 0.493 e. The smallest absolute Gasteiger partial charge is 0.257 e. The van der Waals surface area contributed by atoms with Crippen LogP contribution in [0.15, 0.2) is 72.8 Å². The number of ether oxygens (including phenoxy) is 2. The zero-order valence-electron chi connectivity index (χ0n) is 22.3. The van der Waals surface area contributed by atoms with Gasteiger partial charge in [0.25, 0.3) is 5.91 Å². The molecule has 3 aromatic carbocycles. The molecule has 0 spiro atoms. The minimum absolute atomic E-state index is 0.0444. The van der Waals surface area contributed by atoms with Crippen molar-refractivity contribution >= 4 is 23.4 Å². The lowest BCUT2D eigenvalue weighted by Gasteiger charge is -2.28. The van der Waals surface area contributed by atoms with Crippen LogP contribution in [-0.2, 0) is 27.2 Å². The van der Waals surface area contributed by atoms with E-state index in [1.165, 1.54) is 4.90 Å². The van der Waals surface area contributed by atoms with Crippen LogP contribution in [0.3, 0.4) is 0 Å². The van der Waals surface area contributed by atoms with Crippen molar-refractivity contribution in [2.75, 3.05) is 25.7 Å². The van der Waals surface area contributed by atoms with Gasteiger partial charge in [-0.25, -0.2) is 4.90 Å². The van der Waals surface area contributed by atoms with E-state index >= 15 is 0 Å². The van der Waals surface area contributed by atoms with Gasteiger partial charge in [0.05, 0.1) is 32.7 Å². The van der Waals surface area contributed by atoms with Crippen LogP contribution in [0.1, 0.15) is 42.9 Å². The number of benzene rings is 3. The van der Waals surface area contributed by atoms with E-state index in [-0.39, 0.29) is 37.1 Å². The molecule has 0 radical (unpaired) electrons. The minimum atomic E-state index is -0.858. The molecular weight excluding hydrogens is 480 g/mol. The Balaban J connectivity index is 1.58. The molecule has 0 aliphatic carbocycles. The molecule has 7 nitrogen and oxygen atoms in total. The molecule has 1 atom stereocenters. The number of carbonyl (C=O) groups is 3. The summed E-state index contributed by atoms with van der Waals surface area (Å²) >= 11 is 0. The molecule has 1 aliphatic rings. The molecule has 1 unspecified atom stereocenters. The van der Waals surface area contributed by atoms with Gasteiger partial charge in [0.15, 0.2) is 11.5 Å². The predicted molar refractivity (Wildman–Crippen MR) is 147 cm³/mol. The average Bonchev–Trinajstić information content (AvgIpc) is 3.22. The average molecular weight is 515 g/mol. The predicted octanol–water partition coefficient (Wildman–Crippen LogP) is 4.77. The molecule has 0 bridgehead atoms. The molecule has 7 heteroatoms. The third-order valence-corrected chi connectivity index (χ3v) is 6.92. The highest BCUT2D eigenvalue weighted by molar-refractivity contribution is 6.23. The molecule has 38 heavy (non-hydrogen) atoms. The Kier molecular flexibility index (Phi) is 8.46. The van der Waals surface area contributed by atoms with Crippen molar-refractivity contribution < 1.29 is 23.9 Å². The Labute approximate surface area is 224 Å². The molecule has 0 aromatic heterocycles. The van der Waals surface area contributed by atoms with E-state index in [1.807, 2.05) is 60.7 Å². The molecule has 0 N–H and O–H groups in total. The number of amides is 3. The monoisotopic (exact) mass is 514 g/mol. The standard InChI is InChI=1S/C31H34N2O5/c1-21(2)24-11-13-25(14-12-24)33-30(35)20-26(31(33)36)32(29(34)19-22-8-6-5-7-9-22)17-16-23-10-15-27(37-3)28(18-23)38-4/h5-15,18,21,26H,16-17,19-20H2,1-4H3. The van der Waals surface area contributed by atoms with Gasteiger partial charge in [-0.15, -0.1) is 0 Å². The molecule has 1 aliphatic heterocycles. The molecular formula is C31H34N2O5. The summed E-state index contributed by atoms with van der Waals surface area (Å²) in [7, 11) is 3.15. The van der Waals surface area contributed by atoms with Crippen LogP contribution in [0.4, 0.5) is 5.69 Å². The summed E-state index contributed by atoms with van der Waals surface area (Å²) in [6, 6.07) is 21.6. The summed E-state index contributed by atoms with van der Waals surface area (Å²) in [6.45, 7) is 4.46. The van der Waals surface area contributed by atoms with E-state index in [4.69, 9.17) is 9.47 Å². The lowest BCUT2D eigenvalue weighted by Crippen LogP contribution is -2.47. The summed E-state index contributed by atoms with van der Waals surface area (Å²) in [5, 5.41) is 0. The Bertz CT molecular complexity index is 1290. The van der Waals surface area contributed by atoms with Gasteiger partial charge in [-0.05, 0) is 53.3 Å². The number of methoxy groups -OCH3 is 2. The van der Waals surface area contributed by atoms with Crippen molar-refractivity contribution in [1.82, 2.24) is 4.90 Å². The third-order valence-electron chi connectivity index (χ3n) is 6.92. The highest BCUT2D eigenvalue weighted by Gasteiger charge is 2.44. The van der Waals surface area contributed by atoms with Gasteiger partial charge in [-0.3, -0.25) is 14.4 Å². The highest BCUT2D eigenvalue weighted by Crippen LogP contribution is 2.30. The molecule has 1 heterocycles. The maximum Gasteiger partial charge on any atom is 0.257 e. The van der Waals surface area contributed by atoms with Crippen molar-refractivity contribution in [1.29, 1.82) is 0 Å². The van der Waals surface area contributed by atoms with Crippen LogP contribution in [0, 0.1) is 0 Å². The molecule has 1 fully saturated rings. The zero-order chi connectivity index (χ0) is 27.2. The first-order chi connectivity index (χ1) is 18.3. The number of carbonyl (C=O) groups excluding carboxylic acids is 3. The second-order valence-corrected chi connectivity index (χ2v) is 9.72. The Hall–Kier alpha value is -4.13. The zero-order valence-corrected chi connectivity index (χ0v) is 22.3. The van der Waals surface area contributed by atoms with Gasteiger partial charge < -0.3 is 14.4 Å². The van der Waals surface area contributed by atoms with E-state index in [1.54, 1.807) is 31.3 Å². The van der Waals surface area contributed by atoms with E-state index < -0.39 is 6.04 Å². The molecule has 198 valence electrons. The van der Waals surface area contributed by atoms with Crippen LogP contribution in [0.5, 0.6) is 11.5 Å². The molecule has 0 saturated carbocycles. The fourth-order valence-corrected chi connectivity index (χ4v) is 4.75. The van der Waals surface area contributed by atoms with Gasteiger partial charge in [-0.2, -0.15) is 0 Å². The van der Waals surface area contributed by atoms with Gasteiger partial charge >= 0.3 is 0 Å². The second kappa shape index (κ2) is 11.9. The van der Waals surface area contributed by atoms with Crippen molar-refractivity contribution in [3.05, 3.63) is 89.5 Å². The molecule has 3 amide bonds. The fraction of sp³-hybridized carbons (Fsp3) is 0.323. The first kappa shape index (κ1) is 26.9. The van der Waals surface area contributed by atoms with Crippen molar-refractivity contribution in [3.63, 3.8) is 0 Å². The normalized spacial score (nSPS) is 15.2. The van der Waals surface area contributed by atoms with Crippen LogP contribution in [0.25, 0.3) is 0 Å². The van der Waals surface area contributed by atoms with Gasteiger partial charge in [0.1, 0.15) is 6.04 Å². The van der Waals surface area contributed by atoms with E-state index in [2.05, 4.69) is 13.8 Å². The third kappa shape index (κ3) is 5.88. The number of rotatable bonds is 10. The molecule has 1 saturated heterocycles. The van der Waals surface area contributed by atoms with Crippen molar-refractivity contribution in [2.45, 2.75) is 45.1 Å². The molecule has 3 aromatic rings. The van der Waals surface area contributed by atoms with Crippen LogP contribution < -0.4 is 14.4 Å². The van der Waals surface area contributed by atoms with E-state index in [0.29, 0.717) is 29.5 Å². The van der Waals surface area contributed by atoms with E-state index in [9.17, 15) is 14.4 Å². The van der Waals surface area contributed by atoms with Crippen LogP contribution in [-0.4, -0.2) is 49.4 Å². The van der Waals surface area contributed by atoms with Gasteiger partial charge in [0, 0.05) is 6.54 Å². The number of imide groups is 1. The lowest BCUT2D eigenvalue weighted by molar-refractivity contribution is -0.137. The maximum atomic E-state index is 13.6. The quantitative estimate of drug-likeness (QED) is 0.364. The topological polar surface area (TPSA) is 76.2 Å². The van der Waals surface area contributed by atoms with Crippen LogP contribution >= 0.6 is 0 Å². The minimum Gasteiger partial charge on any atom is -0.493 e. The Morgan fingerprint density at radius 2 is 1.61 bits per heavy atom. The SMILES string of the molecule is COc1ccc(CCN(C(=O)Cc2ccccc2)C2CC(=O)N(c3ccc(C(C)C)cc3)C2=O)cc1OC. The maximum absolute atomic E-state index is 13.6. The van der Waals surface area contributed by atoms with Crippen molar-refractivity contribution in [2.24, 2.45) is 0 Å². The number of anilines is 1. The first-order valence-electron chi connectivity index (χ1n) is 12.8. The van der Waals surface area contributed by atoms with E-state index in [0.717, 1.165) is 16.7 Å².